The van der Waals surface area contributed by atoms with Crippen LogP contribution in [0.1, 0.15) is 12.0 Å². The van der Waals surface area contributed by atoms with Gasteiger partial charge in [-0.15, -0.1) is 0 Å². The van der Waals surface area contributed by atoms with Gasteiger partial charge in [0.05, 0.1) is 22.6 Å². The van der Waals surface area contributed by atoms with Crippen LogP contribution in [0.25, 0.3) is 0 Å². The molecule has 0 bridgehead atoms. The molecule has 1 saturated heterocycles. The van der Waals surface area contributed by atoms with Crippen LogP contribution < -0.4 is 15.4 Å². The van der Waals surface area contributed by atoms with Crippen molar-refractivity contribution < 1.29 is 54.3 Å². The van der Waals surface area contributed by atoms with Crippen LogP contribution in [0.5, 0.6) is 0 Å². The quantitative estimate of drug-likeness (QED) is 0.409. The highest BCUT2D eigenvalue weighted by molar-refractivity contribution is 7.89. The fourth-order valence-corrected chi connectivity index (χ4v) is 3.43. The first-order valence-corrected chi connectivity index (χ1v) is 10.7. The number of imide groups is 1. The van der Waals surface area contributed by atoms with E-state index in [1.165, 1.54) is 30.3 Å². The summed E-state index contributed by atoms with van der Waals surface area (Å²) in [4.78, 5) is 34.1. The smallest absolute Gasteiger partial charge is 0.475 e. The van der Waals surface area contributed by atoms with E-state index in [2.05, 4.69) is 5.32 Å². The molecule has 0 aromatic heterocycles. The van der Waals surface area contributed by atoms with Gasteiger partial charge < -0.3 is 10.4 Å². The predicted molar refractivity (Wildman–Crippen MR) is 107 cm³/mol. The summed E-state index contributed by atoms with van der Waals surface area (Å²) in [5, 5.41) is 14.9. The zero-order valence-electron chi connectivity index (χ0n) is 17.1. The zero-order chi connectivity index (χ0) is 26.8. The molecule has 1 heterocycles. The van der Waals surface area contributed by atoms with Crippen LogP contribution in [-0.4, -0.2) is 43.5 Å². The maximum Gasteiger partial charge on any atom is 0.490 e. The number of benzene rings is 2. The van der Waals surface area contributed by atoms with Crippen molar-refractivity contribution in [1.29, 1.82) is 0 Å². The summed E-state index contributed by atoms with van der Waals surface area (Å²) in [6.07, 6.45) is -10.2. The third kappa shape index (κ3) is 6.92. The van der Waals surface area contributed by atoms with Crippen LogP contribution in [0, 0.1) is 0 Å². The van der Waals surface area contributed by atoms with Crippen molar-refractivity contribution in [3.63, 3.8) is 0 Å². The molecule has 9 nitrogen and oxygen atoms in total. The number of rotatable bonds is 4. The van der Waals surface area contributed by atoms with E-state index in [9.17, 15) is 44.3 Å². The highest BCUT2D eigenvalue weighted by Crippen LogP contribution is 2.38. The van der Waals surface area contributed by atoms with Crippen LogP contribution in [0.3, 0.4) is 0 Å². The summed E-state index contributed by atoms with van der Waals surface area (Å²) >= 11 is 0. The molecule has 1 unspecified atom stereocenters. The summed E-state index contributed by atoms with van der Waals surface area (Å²) in [7, 11) is -3.99. The molecule has 0 aliphatic carbocycles. The molecule has 0 radical (unpaired) electrons. The normalized spacial score (nSPS) is 16.5. The standard InChI is InChI=1S/C17H14F3N3O4S.C2HF3O2/c18-17(19,20)12-6-1-2-7-14(12)23-15(24)9-13(16(23)25)22-10-4-3-5-11(8-10)28(21,26)27;3-2(4,5)1(6)7/h1-8,13,22H,9H2,(H2,21,26,27);(H,6,7). The first-order chi connectivity index (χ1) is 15.9. The van der Waals surface area contributed by atoms with Gasteiger partial charge in [-0.2, -0.15) is 26.3 Å². The van der Waals surface area contributed by atoms with Gasteiger partial charge in [-0.25, -0.2) is 23.3 Å². The molecule has 2 aromatic rings. The Hall–Kier alpha value is -3.66. The van der Waals surface area contributed by atoms with Gasteiger partial charge in [0, 0.05) is 5.69 Å². The molecule has 2 amide bonds. The Morgan fingerprint density at radius 3 is 2.11 bits per heavy atom. The molecule has 4 N–H and O–H groups in total. The first-order valence-electron chi connectivity index (χ1n) is 9.15. The summed E-state index contributed by atoms with van der Waals surface area (Å²) in [6, 6.07) is 8.36. The summed E-state index contributed by atoms with van der Waals surface area (Å²) in [6.45, 7) is 0. The number of para-hydroxylation sites is 1. The van der Waals surface area contributed by atoms with Crippen LogP contribution >= 0.6 is 0 Å². The fourth-order valence-electron chi connectivity index (χ4n) is 2.87. The SMILES string of the molecule is NS(=O)(=O)c1cccc(NC2CC(=O)N(c3ccccc3C(F)(F)F)C2=O)c1.O=C(O)C(F)(F)F. The van der Waals surface area contributed by atoms with Gasteiger partial charge in [-0.1, -0.05) is 18.2 Å². The molecule has 16 heteroatoms. The zero-order valence-corrected chi connectivity index (χ0v) is 17.9. The van der Waals surface area contributed by atoms with Crippen LogP contribution in [-0.2, 0) is 30.6 Å². The average Bonchev–Trinajstić information content (AvgIpc) is 2.99. The average molecular weight is 527 g/mol. The minimum Gasteiger partial charge on any atom is -0.475 e. The molecular formula is C19H15F6N3O6S. The second-order valence-electron chi connectivity index (χ2n) is 6.86. The van der Waals surface area contributed by atoms with E-state index in [0.717, 1.165) is 18.2 Å². The Balaban J connectivity index is 0.000000540. The third-order valence-corrected chi connectivity index (χ3v) is 5.25. The number of carboxylic acid groups (broad SMARTS) is 1. The number of alkyl halides is 6. The van der Waals surface area contributed by atoms with E-state index in [1.807, 2.05) is 0 Å². The van der Waals surface area contributed by atoms with Gasteiger partial charge in [-0.3, -0.25) is 9.59 Å². The van der Waals surface area contributed by atoms with E-state index in [-0.39, 0.29) is 17.0 Å². The fraction of sp³-hybridized carbons (Fsp3) is 0.211. The Morgan fingerprint density at radius 2 is 1.60 bits per heavy atom. The Labute approximate surface area is 193 Å². The maximum absolute atomic E-state index is 13.2. The Kier molecular flexibility index (Phi) is 7.81. The molecule has 1 aliphatic rings. The van der Waals surface area contributed by atoms with Gasteiger partial charge in [0.1, 0.15) is 6.04 Å². The molecular weight excluding hydrogens is 512 g/mol. The van der Waals surface area contributed by atoms with E-state index < -0.39 is 57.5 Å². The van der Waals surface area contributed by atoms with Crippen LogP contribution in [0.15, 0.2) is 53.4 Å². The summed E-state index contributed by atoms with van der Waals surface area (Å²) in [5.41, 5.74) is -1.47. The predicted octanol–water partition coefficient (Wildman–Crippen LogP) is 2.73. The molecule has 0 saturated carbocycles. The molecule has 3 rings (SSSR count). The van der Waals surface area contributed by atoms with Crippen molar-refractivity contribution in [1.82, 2.24) is 0 Å². The highest BCUT2D eigenvalue weighted by atomic mass is 32.2. The number of nitrogens with two attached hydrogens (primary N) is 1. The van der Waals surface area contributed by atoms with E-state index >= 15 is 0 Å². The second-order valence-corrected chi connectivity index (χ2v) is 8.42. The Bertz CT molecular complexity index is 1250. The van der Waals surface area contributed by atoms with E-state index in [4.69, 9.17) is 15.0 Å². The van der Waals surface area contributed by atoms with Crippen molar-refractivity contribution in [3.8, 4) is 0 Å². The topological polar surface area (TPSA) is 147 Å². The number of anilines is 2. The molecule has 2 aromatic carbocycles. The number of amides is 2. The third-order valence-electron chi connectivity index (χ3n) is 4.34. The number of hydrogen-bond acceptors (Lipinski definition) is 6. The number of carbonyl (C=O) groups excluding carboxylic acids is 2. The molecule has 190 valence electrons. The maximum atomic E-state index is 13.2. The van der Waals surface area contributed by atoms with Gasteiger partial charge in [0.25, 0.3) is 5.91 Å². The number of halogens is 6. The van der Waals surface area contributed by atoms with Gasteiger partial charge in [0.2, 0.25) is 15.9 Å². The van der Waals surface area contributed by atoms with Gasteiger partial charge in [0.15, 0.2) is 0 Å². The number of aliphatic carboxylic acids is 1. The van der Waals surface area contributed by atoms with Gasteiger partial charge >= 0.3 is 18.3 Å². The van der Waals surface area contributed by atoms with E-state index in [0.29, 0.717) is 4.90 Å². The number of nitrogens with one attached hydrogen (secondary N) is 1. The lowest BCUT2D eigenvalue weighted by Gasteiger charge is -2.20. The second kappa shape index (κ2) is 9.91. The van der Waals surface area contributed by atoms with Crippen LogP contribution in [0.2, 0.25) is 0 Å². The largest absolute Gasteiger partial charge is 0.490 e. The lowest BCUT2D eigenvalue weighted by molar-refractivity contribution is -0.192. The minimum atomic E-state index is -5.08. The number of carboxylic acids is 1. The summed E-state index contributed by atoms with van der Waals surface area (Å²) in [5.74, 6) is -4.43. The number of carbonyl (C=O) groups is 3. The van der Waals surface area contributed by atoms with Crippen molar-refractivity contribution in [2.45, 2.75) is 29.7 Å². The van der Waals surface area contributed by atoms with Crippen molar-refractivity contribution in [3.05, 3.63) is 54.1 Å². The number of nitrogens with zero attached hydrogens (tertiary/aromatic N) is 1. The van der Waals surface area contributed by atoms with E-state index in [1.54, 1.807) is 0 Å². The summed E-state index contributed by atoms with van der Waals surface area (Å²) < 4.78 is 94.2. The molecule has 1 atom stereocenters. The lowest BCUT2D eigenvalue weighted by atomic mass is 10.1. The van der Waals surface area contributed by atoms with Gasteiger partial charge in [-0.05, 0) is 30.3 Å². The lowest BCUT2D eigenvalue weighted by Crippen LogP contribution is -2.36. The Morgan fingerprint density at radius 1 is 1.03 bits per heavy atom. The molecule has 35 heavy (non-hydrogen) atoms. The number of sulfonamides is 1. The number of primary sulfonamides is 1. The van der Waals surface area contributed by atoms with Crippen LogP contribution in [0.4, 0.5) is 37.7 Å². The van der Waals surface area contributed by atoms with Crippen molar-refractivity contribution in [2.75, 3.05) is 10.2 Å². The highest BCUT2D eigenvalue weighted by Gasteiger charge is 2.44. The molecule has 1 fully saturated rings. The molecule has 1 aliphatic heterocycles. The number of hydrogen-bond donors (Lipinski definition) is 3. The molecule has 0 spiro atoms. The van der Waals surface area contributed by atoms with Crippen molar-refractivity contribution >= 4 is 39.2 Å². The van der Waals surface area contributed by atoms with Crippen molar-refractivity contribution in [2.24, 2.45) is 5.14 Å². The first kappa shape index (κ1) is 27.6. The monoisotopic (exact) mass is 527 g/mol. The minimum absolute atomic E-state index is 0.184.